The van der Waals surface area contributed by atoms with E-state index in [1.165, 1.54) is 30.3 Å². The van der Waals surface area contributed by atoms with Gasteiger partial charge in [-0.05, 0) is 17.3 Å². The van der Waals surface area contributed by atoms with Gasteiger partial charge in [-0.2, -0.15) is 27.8 Å². The first-order valence-corrected chi connectivity index (χ1v) is 6.94. The summed E-state index contributed by atoms with van der Waals surface area (Å²) in [4.78, 5) is 3.83. The number of halogens is 8. The van der Waals surface area contributed by atoms with Crippen molar-refractivity contribution in [2.24, 2.45) is 5.16 Å². The first-order valence-electron chi connectivity index (χ1n) is 5.83. The fraction of sp³-hybridized carbons (Fsp3) is 0.273. The van der Waals surface area contributed by atoms with E-state index in [1.807, 2.05) is 4.74 Å². The van der Waals surface area contributed by atoms with Gasteiger partial charge in [-0.15, -0.1) is 17.5 Å². The summed E-state index contributed by atoms with van der Waals surface area (Å²) >= 11 is 4.07. The Morgan fingerprint density at radius 3 is 2.15 bits per heavy atom. The van der Waals surface area contributed by atoms with Gasteiger partial charge in [0.1, 0.15) is 18.1 Å². The van der Waals surface area contributed by atoms with Crippen molar-refractivity contribution in [1.29, 1.82) is 5.26 Å². The average molecular weight is 429 g/mol. The predicted octanol–water partition coefficient (Wildman–Crippen LogP) is 4.82. The molecule has 26 heavy (non-hydrogen) atoms. The van der Waals surface area contributed by atoms with Crippen LogP contribution < -0.4 is 0 Å². The van der Waals surface area contributed by atoms with Crippen molar-refractivity contribution in [1.82, 2.24) is 0 Å². The molecule has 0 fully saturated rings. The van der Waals surface area contributed by atoms with Gasteiger partial charge in [0.25, 0.3) is 0 Å². The van der Waals surface area contributed by atoms with Gasteiger partial charge in [0.2, 0.25) is 0 Å². The van der Waals surface area contributed by atoms with E-state index in [-0.39, 0.29) is 5.56 Å². The molecule has 0 heterocycles. The van der Waals surface area contributed by atoms with Crippen LogP contribution in [0.3, 0.4) is 0 Å². The van der Waals surface area contributed by atoms with Crippen LogP contribution in [0.15, 0.2) is 29.4 Å². The molecule has 0 atom stereocenters. The van der Waals surface area contributed by atoms with Gasteiger partial charge in [0.15, 0.2) is 5.71 Å². The largest absolute Gasteiger partial charge is 0.527 e. The molecule has 0 aliphatic rings. The molecule has 0 aliphatic heterocycles. The minimum absolute atomic E-state index is 0.156. The highest BCUT2D eigenvalue weighted by molar-refractivity contribution is 7.95. The summed E-state index contributed by atoms with van der Waals surface area (Å²) in [6.07, 6.45) is -12.0. The second kappa shape index (κ2) is 8.73. The molecule has 1 rings (SSSR count). The highest BCUT2D eigenvalue weighted by Crippen LogP contribution is 2.47. The van der Waals surface area contributed by atoms with Crippen molar-refractivity contribution in [3.63, 3.8) is 0 Å². The first-order chi connectivity index (χ1) is 11.9. The molecule has 6 nitrogen and oxygen atoms in total. The summed E-state index contributed by atoms with van der Waals surface area (Å²) in [6, 6.07) is 6.92. The molecule has 1 aromatic carbocycles. The lowest BCUT2D eigenvalue weighted by Gasteiger charge is -2.24. The first kappa shape index (κ1) is 22.3. The zero-order chi connectivity index (χ0) is 20.0. The van der Waals surface area contributed by atoms with Crippen LogP contribution >= 0.6 is 23.6 Å². The lowest BCUT2D eigenvalue weighted by molar-refractivity contribution is -0.470. The van der Waals surface area contributed by atoms with E-state index in [1.54, 1.807) is 0 Å². The topological polar surface area (TPSA) is 73.1 Å². The Morgan fingerprint density at radius 1 is 1.08 bits per heavy atom. The van der Waals surface area contributed by atoms with Crippen molar-refractivity contribution >= 4 is 29.4 Å². The third-order valence-corrected chi connectivity index (χ3v) is 2.95. The van der Waals surface area contributed by atoms with Crippen LogP contribution in [0.5, 0.6) is 0 Å². The summed E-state index contributed by atoms with van der Waals surface area (Å²) < 4.78 is 91.5. The fourth-order valence-electron chi connectivity index (χ4n) is 1.12. The summed E-state index contributed by atoms with van der Waals surface area (Å²) in [7, 11) is 0. The summed E-state index contributed by atoms with van der Waals surface area (Å²) in [5.74, 6) is 0. The van der Waals surface area contributed by atoms with E-state index in [9.17, 15) is 30.7 Å². The van der Waals surface area contributed by atoms with Crippen LogP contribution in [0.25, 0.3) is 0 Å². The van der Waals surface area contributed by atoms with Gasteiger partial charge in [-0.1, -0.05) is 23.7 Å². The van der Waals surface area contributed by atoms with E-state index < -0.39 is 35.5 Å². The van der Waals surface area contributed by atoms with Gasteiger partial charge in [0.05, 0.1) is 0 Å². The van der Waals surface area contributed by atoms with Gasteiger partial charge in [-0.25, -0.2) is 4.74 Å². The van der Waals surface area contributed by atoms with Gasteiger partial charge in [0, 0.05) is 15.6 Å². The average Bonchev–Trinajstić information content (AvgIpc) is 2.49. The molecule has 0 bridgehead atoms. The van der Waals surface area contributed by atoms with Crippen molar-refractivity contribution in [3.8, 4) is 6.07 Å². The molecule has 0 saturated heterocycles. The van der Waals surface area contributed by atoms with E-state index in [0.29, 0.717) is 5.02 Å². The van der Waals surface area contributed by atoms with Gasteiger partial charge >= 0.3 is 17.7 Å². The number of benzene rings is 1. The Morgan fingerprint density at radius 2 is 1.65 bits per heavy atom. The Bertz CT molecular complexity index is 679. The van der Waals surface area contributed by atoms with Crippen LogP contribution in [0.2, 0.25) is 5.02 Å². The van der Waals surface area contributed by atoms with Crippen molar-refractivity contribution in [2.45, 2.75) is 17.7 Å². The maximum atomic E-state index is 12.9. The molecule has 0 N–H and O–H groups in total. The van der Waals surface area contributed by atoms with Gasteiger partial charge < -0.3 is 0 Å². The Hall–Kier alpha value is -1.79. The number of hydrogen-bond acceptors (Lipinski definition) is 7. The molecule has 144 valence electrons. The second-order valence-corrected chi connectivity index (χ2v) is 5.19. The highest BCUT2D eigenvalue weighted by atomic mass is 35.5. The Labute approximate surface area is 149 Å². The summed E-state index contributed by atoms with van der Waals surface area (Å²) in [5.41, 5.74) is -0.295. The second-order valence-electron chi connectivity index (χ2n) is 3.93. The number of ether oxygens (including phenoxy) is 1. The summed E-state index contributed by atoms with van der Waals surface area (Å²) in [6.45, 7) is 0. The number of oxime groups is 1. The standard InChI is InChI=1S/C11H4ClF7N2O4S/c12-7-3-1-6(2-4-7)8(5-20)21-23-24-25-26-10(15,16)9(13,14)22-11(17,18)19/h1-4H/b21-8+. The zero-order valence-corrected chi connectivity index (χ0v) is 13.3. The molecule has 1 aromatic rings. The third-order valence-electron chi connectivity index (χ3n) is 2.13. The molecule has 15 heteroatoms. The molecule has 0 aliphatic carbocycles. The minimum Gasteiger partial charge on any atom is -0.220 e. The van der Waals surface area contributed by atoms with Crippen LogP contribution in [0.4, 0.5) is 30.7 Å². The normalized spacial score (nSPS) is 13.4. The third kappa shape index (κ3) is 6.84. The maximum absolute atomic E-state index is 12.9. The number of nitrogens with zero attached hydrogens (tertiary/aromatic N) is 2. The monoisotopic (exact) mass is 428 g/mol. The minimum atomic E-state index is -6.03. The molecular weight excluding hydrogens is 425 g/mol. The Kier molecular flexibility index (Phi) is 7.47. The molecule has 0 saturated carbocycles. The van der Waals surface area contributed by atoms with E-state index in [0.717, 1.165) is 0 Å². The Balaban J connectivity index is 2.57. The molecule has 0 radical (unpaired) electrons. The van der Waals surface area contributed by atoms with Crippen molar-refractivity contribution in [2.75, 3.05) is 0 Å². The van der Waals surface area contributed by atoms with Crippen LogP contribution in [-0.4, -0.2) is 23.4 Å². The molecule has 0 aromatic heterocycles. The molecule has 0 spiro atoms. The predicted molar refractivity (Wildman–Crippen MR) is 71.5 cm³/mol. The fourth-order valence-corrected chi connectivity index (χ4v) is 1.52. The van der Waals surface area contributed by atoms with Crippen LogP contribution in [0, 0.1) is 11.3 Å². The molecular formula is C11H4ClF7N2O4S. The van der Waals surface area contributed by atoms with E-state index >= 15 is 0 Å². The number of alkyl halides is 7. The lowest BCUT2D eigenvalue weighted by Crippen LogP contribution is -2.44. The SMILES string of the molecule is N#C/C(=N\OOOSC(F)(F)C(F)(F)OC(F)(F)F)c1ccc(Cl)cc1. The molecule has 0 amide bonds. The summed E-state index contributed by atoms with van der Waals surface area (Å²) in [5, 5.41) is 10.1. The maximum Gasteiger partial charge on any atom is 0.527 e. The zero-order valence-electron chi connectivity index (χ0n) is 11.8. The van der Waals surface area contributed by atoms with Crippen molar-refractivity contribution < 1.29 is 49.8 Å². The van der Waals surface area contributed by atoms with Crippen molar-refractivity contribution in [3.05, 3.63) is 34.9 Å². The quantitative estimate of drug-likeness (QED) is 0.148. The highest BCUT2D eigenvalue weighted by Gasteiger charge is 2.65. The van der Waals surface area contributed by atoms with E-state index in [2.05, 4.69) is 19.5 Å². The number of nitriles is 1. The van der Waals surface area contributed by atoms with E-state index in [4.69, 9.17) is 16.9 Å². The smallest absolute Gasteiger partial charge is 0.220 e. The molecule has 0 unspecified atom stereocenters. The lowest BCUT2D eigenvalue weighted by atomic mass is 10.1. The number of hydrogen-bond donors (Lipinski definition) is 0. The van der Waals surface area contributed by atoms with Crippen LogP contribution in [-0.2, 0) is 19.1 Å². The van der Waals surface area contributed by atoms with Gasteiger partial charge in [-0.3, -0.25) is 0 Å². The number of rotatable bonds is 8. The van der Waals surface area contributed by atoms with Crippen LogP contribution in [0.1, 0.15) is 5.56 Å².